The zero-order valence-corrected chi connectivity index (χ0v) is 21.1. The summed E-state index contributed by atoms with van der Waals surface area (Å²) < 4.78 is 43.7. The molecule has 2 aliphatic rings. The highest BCUT2D eigenvalue weighted by atomic mass is 19.4. The minimum absolute atomic E-state index is 0.0438. The molecule has 1 aliphatic carbocycles. The van der Waals surface area contributed by atoms with Crippen LogP contribution in [0.15, 0.2) is 66.9 Å². The maximum absolute atomic E-state index is 13.9. The smallest absolute Gasteiger partial charge is 0.342 e. The SMILES string of the molecule is O=C(C1CC1)N1CC[C@@H](Cn2c(-c3ccc(-c4ccc5cn[nH]c5c4)cc3)nc3c(C(F)(F)F)cccc32)C1. The van der Waals surface area contributed by atoms with Crippen LogP contribution in [0.3, 0.4) is 0 Å². The lowest BCUT2D eigenvalue weighted by Crippen LogP contribution is -2.30. The number of nitrogens with zero attached hydrogens (tertiary/aromatic N) is 4. The number of amides is 1. The molecule has 3 heterocycles. The number of imidazole rings is 1. The van der Waals surface area contributed by atoms with E-state index in [0.717, 1.165) is 52.9 Å². The molecule has 2 fully saturated rings. The quantitative estimate of drug-likeness (QED) is 0.282. The predicted molar refractivity (Wildman–Crippen MR) is 143 cm³/mol. The van der Waals surface area contributed by atoms with Crippen molar-refractivity contribution in [1.82, 2.24) is 24.6 Å². The van der Waals surface area contributed by atoms with Gasteiger partial charge in [0, 0.05) is 36.5 Å². The minimum Gasteiger partial charge on any atom is -0.342 e. The van der Waals surface area contributed by atoms with Crippen LogP contribution < -0.4 is 0 Å². The van der Waals surface area contributed by atoms with Gasteiger partial charge in [0.25, 0.3) is 0 Å². The van der Waals surface area contributed by atoms with Gasteiger partial charge in [-0.05, 0) is 54.5 Å². The van der Waals surface area contributed by atoms with Crippen molar-refractivity contribution in [3.63, 3.8) is 0 Å². The Kier molecular flexibility index (Phi) is 5.50. The molecular formula is C30H26F3N5O. The van der Waals surface area contributed by atoms with Crippen LogP contribution in [-0.2, 0) is 17.5 Å². The molecule has 3 aromatic carbocycles. The first-order valence-corrected chi connectivity index (χ1v) is 13.2. The van der Waals surface area contributed by atoms with Gasteiger partial charge in [-0.2, -0.15) is 18.3 Å². The van der Waals surface area contributed by atoms with Gasteiger partial charge in [-0.15, -0.1) is 0 Å². The number of fused-ring (bicyclic) bond motifs is 2. The van der Waals surface area contributed by atoms with Crippen molar-refractivity contribution in [2.75, 3.05) is 13.1 Å². The number of rotatable bonds is 5. The molecule has 39 heavy (non-hydrogen) atoms. The average Bonchev–Trinajstić information content (AvgIpc) is 3.32. The number of H-pyrrole nitrogens is 1. The Labute approximate surface area is 222 Å². The summed E-state index contributed by atoms with van der Waals surface area (Å²) in [5.74, 6) is 1.04. The molecule has 0 spiro atoms. The molecular weight excluding hydrogens is 503 g/mol. The summed E-state index contributed by atoms with van der Waals surface area (Å²) in [6, 6.07) is 18.0. The number of aromatic amines is 1. The molecule has 9 heteroatoms. The largest absolute Gasteiger partial charge is 0.418 e. The van der Waals surface area contributed by atoms with E-state index in [1.54, 1.807) is 12.3 Å². The van der Waals surface area contributed by atoms with Crippen LogP contribution in [-0.4, -0.2) is 43.6 Å². The van der Waals surface area contributed by atoms with Gasteiger partial charge in [-0.1, -0.05) is 42.5 Å². The molecule has 0 bridgehead atoms. The molecule has 5 aromatic rings. The van der Waals surface area contributed by atoms with E-state index in [1.165, 1.54) is 6.07 Å². The van der Waals surface area contributed by atoms with Crippen molar-refractivity contribution in [3.8, 4) is 22.5 Å². The third kappa shape index (κ3) is 4.35. The number of alkyl halides is 3. The summed E-state index contributed by atoms with van der Waals surface area (Å²) in [4.78, 5) is 19.1. The summed E-state index contributed by atoms with van der Waals surface area (Å²) in [7, 11) is 0. The highest BCUT2D eigenvalue weighted by Crippen LogP contribution is 2.38. The number of para-hydroxylation sites is 1. The summed E-state index contributed by atoms with van der Waals surface area (Å²) in [5.41, 5.74) is 3.36. The number of hydrogen-bond donors (Lipinski definition) is 1. The van der Waals surface area contributed by atoms with Crippen molar-refractivity contribution in [2.45, 2.75) is 32.0 Å². The summed E-state index contributed by atoms with van der Waals surface area (Å²) in [6.45, 7) is 1.83. The molecule has 1 N–H and O–H groups in total. The van der Waals surface area contributed by atoms with Crippen molar-refractivity contribution in [2.24, 2.45) is 11.8 Å². The molecule has 2 aromatic heterocycles. The third-order valence-electron chi connectivity index (χ3n) is 7.97. The Hall–Kier alpha value is -4.14. The van der Waals surface area contributed by atoms with Crippen LogP contribution in [0.1, 0.15) is 24.8 Å². The van der Waals surface area contributed by atoms with Gasteiger partial charge in [0.15, 0.2) is 0 Å². The third-order valence-corrected chi connectivity index (χ3v) is 7.97. The summed E-state index contributed by atoms with van der Waals surface area (Å²) in [6.07, 6.45) is 0.00932. The van der Waals surface area contributed by atoms with E-state index >= 15 is 0 Å². The number of nitrogens with one attached hydrogen (secondary N) is 1. The zero-order valence-electron chi connectivity index (χ0n) is 21.1. The fourth-order valence-electron chi connectivity index (χ4n) is 5.74. The van der Waals surface area contributed by atoms with Crippen molar-refractivity contribution >= 4 is 27.8 Å². The molecule has 1 saturated carbocycles. The molecule has 1 saturated heterocycles. The molecule has 0 radical (unpaired) electrons. The number of hydrogen-bond acceptors (Lipinski definition) is 3. The van der Waals surface area contributed by atoms with Crippen LogP contribution in [0.2, 0.25) is 0 Å². The fraction of sp³-hybridized carbons (Fsp3) is 0.300. The Morgan fingerprint density at radius 1 is 0.974 bits per heavy atom. The van der Waals surface area contributed by atoms with E-state index < -0.39 is 11.7 Å². The topological polar surface area (TPSA) is 66.8 Å². The molecule has 6 nitrogen and oxygen atoms in total. The number of aromatic nitrogens is 4. The van der Waals surface area contributed by atoms with Crippen LogP contribution in [0, 0.1) is 11.8 Å². The van der Waals surface area contributed by atoms with E-state index in [2.05, 4.69) is 15.2 Å². The molecule has 7 rings (SSSR count). The van der Waals surface area contributed by atoms with E-state index in [-0.39, 0.29) is 23.3 Å². The molecule has 1 amide bonds. The highest BCUT2D eigenvalue weighted by Gasteiger charge is 2.38. The van der Waals surface area contributed by atoms with Gasteiger partial charge in [0.2, 0.25) is 5.91 Å². The van der Waals surface area contributed by atoms with E-state index in [1.807, 2.05) is 51.9 Å². The second-order valence-electron chi connectivity index (χ2n) is 10.7. The maximum atomic E-state index is 13.9. The standard InChI is InChI=1S/C30H26F3N5O/c31-30(32,33)24-2-1-3-26-27(24)35-28(38(26)17-18-12-13-37(16-18)29(39)21-8-9-21)20-6-4-19(5-7-20)22-10-11-23-15-34-36-25(23)14-22/h1-7,10-11,14-15,18,21H,8-9,12-13,16-17H2,(H,34,36)/t18-/m1/s1. The van der Waals surface area contributed by atoms with Gasteiger partial charge in [0.05, 0.1) is 22.8 Å². The summed E-state index contributed by atoms with van der Waals surface area (Å²) in [5, 5.41) is 8.08. The Morgan fingerprint density at radius 2 is 1.74 bits per heavy atom. The molecule has 1 aliphatic heterocycles. The van der Waals surface area contributed by atoms with Crippen LogP contribution >= 0.6 is 0 Å². The number of benzene rings is 3. The average molecular weight is 530 g/mol. The normalized spacial score (nSPS) is 17.9. The monoisotopic (exact) mass is 529 g/mol. The summed E-state index contributed by atoms with van der Waals surface area (Å²) >= 11 is 0. The number of carbonyl (C=O) groups is 1. The Bertz CT molecular complexity index is 1700. The molecule has 198 valence electrons. The van der Waals surface area contributed by atoms with E-state index in [0.29, 0.717) is 31.0 Å². The second kappa shape index (κ2) is 8.97. The first-order valence-electron chi connectivity index (χ1n) is 13.2. The fourth-order valence-corrected chi connectivity index (χ4v) is 5.74. The zero-order chi connectivity index (χ0) is 26.7. The number of halogens is 3. The molecule has 0 unspecified atom stereocenters. The number of carbonyl (C=O) groups excluding carboxylic acids is 1. The van der Waals surface area contributed by atoms with Crippen LogP contribution in [0.5, 0.6) is 0 Å². The van der Waals surface area contributed by atoms with Gasteiger partial charge in [0.1, 0.15) is 11.3 Å². The van der Waals surface area contributed by atoms with Crippen molar-refractivity contribution in [3.05, 3.63) is 72.4 Å². The second-order valence-corrected chi connectivity index (χ2v) is 10.7. The van der Waals surface area contributed by atoms with Crippen molar-refractivity contribution < 1.29 is 18.0 Å². The predicted octanol–water partition coefficient (Wildman–Crippen LogP) is 6.52. The van der Waals surface area contributed by atoms with Crippen LogP contribution in [0.4, 0.5) is 13.2 Å². The van der Waals surface area contributed by atoms with E-state index in [9.17, 15) is 18.0 Å². The number of likely N-dealkylation sites (tertiary alicyclic amines) is 1. The lowest BCUT2D eigenvalue weighted by molar-refractivity contribution is -0.136. The first-order chi connectivity index (χ1) is 18.8. The van der Waals surface area contributed by atoms with Crippen molar-refractivity contribution in [1.29, 1.82) is 0 Å². The minimum atomic E-state index is -4.51. The highest BCUT2D eigenvalue weighted by molar-refractivity contribution is 5.86. The van der Waals surface area contributed by atoms with Gasteiger partial charge < -0.3 is 9.47 Å². The Morgan fingerprint density at radius 3 is 2.51 bits per heavy atom. The lowest BCUT2D eigenvalue weighted by atomic mass is 10.0. The molecule has 1 atom stereocenters. The Balaban J connectivity index is 1.26. The first kappa shape index (κ1) is 23.9. The van der Waals surface area contributed by atoms with Gasteiger partial charge in [-0.25, -0.2) is 4.98 Å². The maximum Gasteiger partial charge on any atom is 0.418 e. The lowest BCUT2D eigenvalue weighted by Gasteiger charge is -2.18. The van der Waals surface area contributed by atoms with E-state index in [4.69, 9.17) is 0 Å². The van der Waals surface area contributed by atoms with Gasteiger partial charge >= 0.3 is 6.18 Å². The van der Waals surface area contributed by atoms with Gasteiger partial charge in [-0.3, -0.25) is 9.89 Å². The van der Waals surface area contributed by atoms with Crippen LogP contribution in [0.25, 0.3) is 44.5 Å².